The van der Waals surface area contributed by atoms with Gasteiger partial charge in [0.2, 0.25) is 3.79 Å². The molecule has 88 valence electrons. The third-order valence-corrected chi connectivity index (χ3v) is 2.32. The second-order valence-electron chi connectivity index (χ2n) is 3.06. The summed E-state index contributed by atoms with van der Waals surface area (Å²) in [6, 6.07) is 1.80. The Morgan fingerprint density at radius 1 is 1.18 bits per heavy atom. The van der Waals surface area contributed by atoms with Gasteiger partial charge < -0.3 is 4.42 Å². The zero-order valence-corrected chi connectivity index (χ0v) is 10.6. The van der Waals surface area contributed by atoms with Crippen LogP contribution in [-0.4, -0.2) is 15.0 Å². The fraction of sp³-hybridized carbons (Fsp3) is 0.100. The molecule has 0 bridgehead atoms. The van der Waals surface area contributed by atoms with E-state index in [9.17, 15) is 0 Å². The molecule has 0 amide bonds. The quantitative estimate of drug-likeness (QED) is 0.795. The minimum absolute atomic E-state index is 0.0874. The van der Waals surface area contributed by atoms with Gasteiger partial charge in [-0.25, -0.2) is 15.0 Å². The van der Waals surface area contributed by atoms with Crippen LogP contribution in [0.1, 0.15) is 17.2 Å². The van der Waals surface area contributed by atoms with Gasteiger partial charge in [-0.05, 0) is 18.2 Å². The molecule has 0 saturated heterocycles. The minimum Gasteiger partial charge on any atom is -0.472 e. The van der Waals surface area contributed by atoms with Gasteiger partial charge in [-0.2, -0.15) is 0 Å². The van der Waals surface area contributed by atoms with Crippen LogP contribution in [-0.2, 0) is 3.79 Å². The van der Waals surface area contributed by atoms with Crippen molar-refractivity contribution >= 4 is 47.0 Å². The van der Waals surface area contributed by atoms with Crippen molar-refractivity contribution in [3.63, 3.8) is 0 Å². The van der Waals surface area contributed by atoms with Gasteiger partial charge in [0, 0.05) is 5.56 Å². The summed E-state index contributed by atoms with van der Waals surface area (Å²) in [6.45, 7) is 0. The van der Waals surface area contributed by atoms with Gasteiger partial charge in [0.15, 0.2) is 11.6 Å². The van der Waals surface area contributed by atoms with Crippen LogP contribution >= 0.6 is 34.8 Å². The van der Waals surface area contributed by atoms with Crippen LogP contribution in [0.5, 0.6) is 0 Å². The molecule has 0 aromatic carbocycles. The van der Waals surface area contributed by atoms with Crippen molar-refractivity contribution in [2.45, 2.75) is 3.79 Å². The first-order valence-electron chi connectivity index (χ1n) is 4.52. The smallest absolute Gasteiger partial charge is 0.250 e. The van der Waals surface area contributed by atoms with E-state index in [1.807, 2.05) is 0 Å². The monoisotopic (exact) mass is 289 g/mol. The number of aromatic nitrogens is 3. The summed E-state index contributed by atoms with van der Waals surface area (Å²) < 4.78 is 3.26. The molecule has 0 aliphatic carbocycles. The highest BCUT2D eigenvalue weighted by Crippen LogP contribution is 2.35. The molecule has 0 radical (unpaired) electrons. The van der Waals surface area contributed by atoms with Crippen LogP contribution in [0.25, 0.3) is 12.2 Å². The van der Waals surface area contributed by atoms with Crippen LogP contribution in [0.15, 0.2) is 29.3 Å². The van der Waals surface area contributed by atoms with Crippen molar-refractivity contribution in [3.05, 3.63) is 42.1 Å². The van der Waals surface area contributed by atoms with E-state index in [0.29, 0.717) is 5.82 Å². The van der Waals surface area contributed by atoms with Gasteiger partial charge in [0.25, 0.3) is 0 Å². The maximum Gasteiger partial charge on any atom is 0.250 e. The van der Waals surface area contributed by atoms with Crippen molar-refractivity contribution < 1.29 is 4.42 Å². The Labute approximate surface area is 112 Å². The van der Waals surface area contributed by atoms with E-state index in [4.69, 9.17) is 39.2 Å². The number of hydrogen-bond acceptors (Lipinski definition) is 4. The fourth-order valence-corrected chi connectivity index (χ4v) is 1.34. The highest BCUT2D eigenvalue weighted by atomic mass is 35.6. The molecule has 0 fully saturated rings. The van der Waals surface area contributed by atoms with Crippen LogP contribution in [0.2, 0.25) is 0 Å². The highest BCUT2D eigenvalue weighted by molar-refractivity contribution is 6.66. The second kappa shape index (κ2) is 5.04. The molecule has 0 aliphatic rings. The number of rotatable bonds is 2. The van der Waals surface area contributed by atoms with E-state index in [0.717, 1.165) is 5.56 Å². The molecule has 17 heavy (non-hydrogen) atoms. The molecule has 0 saturated carbocycles. The number of furan rings is 1. The highest BCUT2D eigenvalue weighted by Gasteiger charge is 2.26. The molecular weight excluding hydrogens is 284 g/mol. The normalized spacial score (nSPS) is 12.2. The van der Waals surface area contributed by atoms with Crippen molar-refractivity contribution in [1.29, 1.82) is 0 Å². The molecule has 2 rings (SSSR count). The van der Waals surface area contributed by atoms with Crippen molar-refractivity contribution in [3.8, 4) is 0 Å². The zero-order valence-electron chi connectivity index (χ0n) is 8.35. The lowest BCUT2D eigenvalue weighted by Gasteiger charge is -2.07. The topological polar surface area (TPSA) is 51.8 Å². The molecule has 0 N–H and O–H groups in total. The largest absolute Gasteiger partial charge is 0.472 e. The van der Waals surface area contributed by atoms with Gasteiger partial charge in [0.05, 0.1) is 12.5 Å². The molecule has 2 heterocycles. The Balaban J connectivity index is 2.23. The standard InChI is InChI=1S/C10H6Cl3N3O/c11-10(12,13)9-15-6-14-8(16-9)2-1-7-3-4-17-5-7/h1-6H. The summed E-state index contributed by atoms with van der Waals surface area (Å²) in [5, 5.41) is 0. The molecule has 0 aliphatic heterocycles. The van der Waals surface area contributed by atoms with E-state index in [2.05, 4.69) is 15.0 Å². The van der Waals surface area contributed by atoms with Gasteiger partial charge in [-0.15, -0.1) is 0 Å². The minimum atomic E-state index is -1.65. The van der Waals surface area contributed by atoms with Crippen molar-refractivity contribution in [2.75, 3.05) is 0 Å². The van der Waals surface area contributed by atoms with E-state index in [-0.39, 0.29) is 5.82 Å². The maximum absolute atomic E-state index is 5.67. The fourth-order valence-electron chi connectivity index (χ4n) is 1.07. The van der Waals surface area contributed by atoms with Crippen molar-refractivity contribution in [1.82, 2.24) is 15.0 Å². The SMILES string of the molecule is ClC(Cl)(Cl)c1ncnc(C=Cc2ccoc2)n1. The van der Waals surface area contributed by atoms with Crippen LogP contribution < -0.4 is 0 Å². The number of alkyl halides is 3. The Kier molecular flexibility index (Phi) is 3.66. The van der Waals surface area contributed by atoms with Gasteiger partial charge >= 0.3 is 0 Å². The van der Waals surface area contributed by atoms with Gasteiger partial charge in [-0.3, -0.25) is 0 Å². The summed E-state index contributed by atoms with van der Waals surface area (Å²) in [5.74, 6) is 0.492. The predicted molar refractivity (Wildman–Crippen MR) is 66.7 cm³/mol. The second-order valence-corrected chi connectivity index (χ2v) is 5.34. The summed E-state index contributed by atoms with van der Waals surface area (Å²) in [4.78, 5) is 11.7. The Bertz CT molecular complexity index is 520. The third kappa shape index (κ3) is 3.43. The molecule has 2 aromatic rings. The molecule has 2 aromatic heterocycles. The summed E-state index contributed by atoms with van der Waals surface area (Å²) >= 11 is 17.0. The van der Waals surface area contributed by atoms with Crippen LogP contribution in [0, 0.1) is 0 Å². The van der Waals surface area contributed by atoms with Gasteiger partial charge in [-0.1, -0.05) is 34.8 Å². The average Bonchev–Trinajstić information content (AvgIpc) is 2.78. The lowest BCUT2D eigenvalue weighted by atomic mass is 10.3. The Morgan fingerprint density at radius 2 is 2.00 bits per heavy atom. The van der Waals surface area contributed by atoms with E-state index >= 15 is 0 Å². The van der Waals surface area contributed by atoms with E-state index < -0.39 is 3.79 Å². The zero-order chi connectivity index (χ0) is 12.3. The lowest BCUT2D eigenvalue weighted by molar-refractivity contribution is 0.567. The first kappa shape index (κ1) is 12.4. The first-order chi connectivity index (χ1) is 8.05. The molecular formula is C10H6Cl3N3O. The third-order valence-electron chi connectivity index (χ3n) is 1.81. The molecule has 0 atom stereocenters. The van der Waals surface area contributed by atoms with Gasteiger partial charge in [0.1, 0.15) is 6.33 Å². The summed E-state index contributed by atoms with van der Waals surface area (Å²) in [5.41, 5.74) is 0.890. The summed E-state index contributed by atoms with van der Waals surface area (Å²) in [7, 11) is 0. The average molecular weight is 291 g/mol. The Morgan fingerprint density at radius 3 is 2.65 bits per heavy atom. The maximum atomic E-state index is 5.67. The van der Waals surface area contributed by atoms with Crippen LogP contribution in [0.4, 0.5) is 0 Å². The molecule has 0 unspecified atom stereocenters. The van der Waals surface area contributed by atoms with E-state index in [1.165, 1.54) is 6.33 Å². The Hall–Kier alpha value is -1.10. The number of hydrogen-bond donors (Lipinski definition) is 0. The summed E-state index contributed by atoms with van der Waals surface area (Å²) in [6.07, 6.45) is 7.90. The molecule has 0 spiro atoms. The van der Waals surface area contributed by atoms with Crippen LogP contribution in [0.3, 0.4) is 0 Å². The van der Waals surface area contributed by atoms with Crippen molar-refractivity contribution in [2.24, 2.45) is 0 Å². The number of nitrogens with zero attached hydrogens (tertiary/aromatic N) is 3. The number of halogens is 3. The lowest BCUT2D eigenvalue weighted by Crippen LogP contribution is -2.08. The van der Waals surface area contributed by atoms with E-state index in [1.54, 1.807) is 30.7 Å². The molecule has 7 heteroatoms. The first-order valence-corrected chi connectivity index (χ1v) is 5.65. The molecule has 4 nitrogen and oxygen atoms in total. The predicted octanol–water partition coefficient (Wildman–Crippen LogP) is 3.46.